The molecule has 0 saturated carbocycles. The van der Waals surface area contributed by atoms with Gasteiger partial charge in [0.25, 0.3) is 5.91 Å². The van der Waals surface area contributed by atoms with Gasteiger partial charge in [-0.25, -0.2) is 4.98 Å². The minimum absolute atomic E-state index is 0.0196. The number of hydrogen-bond donors (Lipinski definition) is 1. The van der Waals surface area contributed by atoms with Gasteiger partial charge in [0.15, 0.2) is 6.61 Å². The van der Waals surface area contributed by atoms with E-state index in [0.717, 1.165) is 21.7 Å². The number of halogens is 1. The van der Waals surface area contributed by atoms with E-state index >= 15 is 0 Å². The van der Waals surface area contributed by atoms with Crippen LogP contribution in [0.1, 0.15) is 16.8 Å². The summed E-state index contributed by atoms with van der Waals surface area (Å²) in [5.41, 5.74) is 4.14. The van der Waals surface area contributed by atoms with E-state index in [1.54, 1.807) is 25.1 Å². The quantitative estimate of drug-likeness (QED) is 0.588. The topological polar surface area (TPSA) is 68.3 Å². The van der Waals surface area contributed by atoms with Crippen LogP contribution in [0.25, 0.3) is 10.6 Å². The molecule has 0 bridgehead atoms. The number of amides is 1. The third-order valence-corrected chi connectivity index (χ3v) is 5.40. The second-order valence-electron chi connectivity index (χ2n) is 6.31. The first-order valence-electron chi connectivity index (χ1n) is 8.64. The second kappa shape index (κ2) is 8.99. The number of aromatic nitrogens is 1. The van der Waals surface area contributed by atoms with Gasteiger partial charge in [0.1, 0.15) is 5.01 Å². The second-order valence-corrected chi connectivity index (χ2v) is 7.58. The van der Waals surface area contributed by atoms with Crippen molar-refractivity contribution in [1.29, 1.82) is 0 Å². The van der Waals surface area contributed by atoms with Gasteiger partial charge in [-0.2, -0.15) is 0 Å². The fourth-order valence-electron chi connectivity index (χ4n) is 2.57. The van der Waals surface area contributed by atoms with Crippen molar-refractivity contribution in [1.82, 2.24) is 4.98 Å². The van der Waals surface area contributed by atoms with Crippen molar-refractivity contribution in [2.75, 3.05) is 11.9 Å². The van der Waals surface area contributed by atoms with E-state index in [9.17, 15) is 9.59 Å². The molecule has 0 aliphatic heterocycles. The number of carbonyl (C=O) groups is 2. The lowest BCUT2D eigenvalue weighted by Gasteiger charge is -2.09. The van der Waals surface area contributed by atoms with Crippen molar-refractivity contribution in [3.8, 4) is 10.6 Å². The summed E-state index contributed by atoms with van der Waals surface area (Å²) in [5, 5.41) is 5.92. The van der Waals surface area contributed by atoms with Crippen LogP contribution in [-0.2, 0) is 20.7 Å². The molecule has 0 aliphatic carbocycles. The molecular formula is C21H19ClN2O3S. The van der Waals surface area contributed by atoms with E-state index in [1.165, 1.54) is 11.3 Å². The number of ether oxygens (including phenoxy) is 1. The van der Waals surface area contributed by atoms with Crippen LogP contribution in [0.4, 0.5) is 5.69 Å². The summed E-state index contributed by atoms with van der Waals surface area (Å²) in [6.07, 6.45) is 0.0196. The molecule has 0 spiro atoms. The van der Waals surface area contributed by atoms with Crippen LogP contribution >= 0.6 is 22.9 Å². The van der Waals surface area contributed by atoms with Crippen LogP contribution in [0.15, 0.2) is 47.8 Å². The molecule has 1 heterocycles. The van der Waals surface area contributed by atoms with Gasteiger partial charge in [-0.3, -0.25) is 9.59 Å². The van der Waals surface area contributed by atoms with E-state index in [1.807, 2.05) is 36.6 Å². The summed E-state index contributed by atoms with van der Waals surface area (Å²) in [5.74, 6) is -0.920. The number of thiazole rings is 1. The van der Waals surface area contributed by atoms with Gasteiger partial charge < -0.3 is 10.1 Å². The van der Waals surface area contributed by atoms with Gasteiger partial charge in [0.05, 0.1) is 12.1 Å². The number of aryl methyl sites for hydroxylation is 1. The van der Waals surface area contributed by atoms with Crippen LogP contribution < -0.4 is 5.32 Å². The molecule has 1 amide bonds. The number of hydrogen-bond acceptors (Lipinski definition) is 5. The third-order valence-electron chi connectivity index (χ3n) is 4.05. The van der Waals surface area contributed by atoms with E-state index in [2.05, 4.69) is 10.3 Å². The van der Waals surface area contributed by atoms with Gasteiger partial charge in [-0.1, -0.05) is 41.4 Å². The lowest BCUT2D eigenvalue weighted by molar-refractivity contribution is -0.146. The van der Waals surface area contributed by atoms with Crippen molar-refractivity contribution < 1.29 is 14.3 Å². The molecule has 7 heteroatoms. The Hall–Kier alpha value is -2.70. The first kappa shape index (κ1) is 20.0. The summed E-state index contributed by atoms with van der Waals surface area (Å²) in [6, 6.07) is 13.2. The number of anilines is 1. The summed E-state index contributed by atoms with van der Waals surface area (Å²) >= 11 is 7.50. The molecule has 5 nitrogen and oxygen atoms in total. The molecule has 28 heavy (non-hydrogen) atoms. The standard InChI is InChI=1S/C21H19ClN2O3S/c1-13-5-3-6-15(9-13)21-23-16(12-28-21)10-20(26)27-11-19(25)24-18-8-4-7-17(22)14(18)2/h3-9,12H,10-11H2,1-2H3,(H,24,25). The Morgan fingerprint density at radius 2 is 1.96 bits per heavy atom. The van der Waals surface area contributed by atoms with Gasteiger partial charge >= 0.3 is 5.97 Å². The van der Waals surface area contributed by atoms with E-state index < -0.39 is 11.9 Å². The van der Waals surface area contributed by atoms with E-state index in [0.29, 0.717) is 16.4 Å². The Morgan fingerprint density at radius 1 is 1.18 bits per heavy atom. The number of rotatable bonds is 6. The zero-order valence-corrected chi connectivity index (χ0v) is 17.1. The Kier molecular flexibility index (Phi) is 6.44. The Balaban J connectivity index is 1.52. The van der Waals surface area contributed by atoms with Crippen molar-refractivity contribution in [2.24, 2.45) is 0 Å². The molecule has 0 aliphatic rings. The zero-order chi connectivity index (χ0) is 20.1. The van der Waals surface area contributed by atoms with Gasteiger partial charge in [0.2, 0.25) is 0 Å². The predicted octanol–water partition coefficient (Wildman–Crippen LogP) is 4.80. The summed E-state index contributed by atoms with van der Waals surface area (Å²) in [4.78, 5) is 28.5. The molecule has 0 saturated heterocycles. The normalized spacial score (nSPS) is 10.5. The summed E-state index contributed by atoms with van der Waals surface area (Å²) in [6.45, 7) is 3.46. The fraction of sp³-hybridized carbons (Fsp3) is 0.190. The van der Waals surface area contributed by atoms with Gasteiger partial charge in [-0.05, 0) is 37.6 Å². The monoisotopic (exact) mass is 414 g/mol. The molecule has 0 radical (unpaired) electrons. The molecule has 1 aromatic heterocycles. The van der Waals surface area contributed by atoms with Crippen LogP contribution in [-0.4, -0.2) is 23.5 Å². The zero-order valence-electron chi connectivity index (χ0n) is 15.5. The van der Waals surface area contributed by atoms with Gasteiger partial charge in [0, 0.05) is 21.7 Å². The van der Waals surface area contributed by atoms with E-state index in [4.69, 9.17) is 16.3 Å². The highest BCUT2D eigenvalue weighted by Crippen LogP contribution is 2.25. The molecule has 0 fully saturated rings. The van der Waals surface area contributed by atoms with Crippen molar-refractivity contribution in [3.63, 3.8) is 0 Å². The maximum Gasteiger partial charge on any atom is 0.312 e. The van der Waals surface area contributed by atoms with Crippen LogP contribution in [0.3, 0.4) is 0 Å². The molecular weight excluding hydrogens is 396 g/mol. The number of carbonyl (C=O) groups excluding carboxylic acids is 2. The lowest BCUT2D eigenvalue weighted by atomic mass is 10.1. The summed E-state index contributed by atoms with van der Waals surface area (Å²) < 4.78 is 5.06. The predicted molar refractivity (Wildman–Crippen MR) is 112 cm³/mol. The molecule has 3 aromatic rings. The minimum Gasteiger partial charge on any atom is -0.455 e. The smallest absolute Gasteiger partial charge is 0.312 e. The van der Waals surface area contributed by atoms with Crippen LogP contribution in [0, 0.1) is 13.8 Å². The molecule has 144 valence electrons. The Labute approximate surface area is 172 Å². The highest BCUT2D eigenvalue weighted by Gasteiger charge is 2.13. The first-order chi connectivity index (χ1) is 13.4. The largest absolute Gasteiger partial charge is 0.455 e. The first-order valence-corrected chi connectivity index (χ1v) is 9.90. The molecule has 0 atom stereocenters. The van der Waals surface area contributed by atoms with Gasteiger partial charge in [-0.15, -0.1) is 11.3 Å². The number of esters is 1. The molecule has 1 N–H and O–H groups in total. The number of nitrogens with zero attached hydrogens (tertiary/aromatic N) is 1. The Morgan fingerprint density at radius 3 is 2.75 bits per heavy atom. The lowest BCUT2D eigenvalue weighted by Crippen LogP contribution is -2.22. The van der Waals surface area contributed by atoms with Crippen molar-refractivity contribution in [3.05, 3.63) is 69.7 Å². The van der Waals surface area contributed by atoms with E-state index in [-0.39, 0.29) is 13.0 Å². The molecule has 0 unspecified atom stereocenters. The average Bonchev–Trinajstić information content (AvgIpc) is 3.12. The maximum absolute atomic E-state index is 12.0. The number of nitrogens with one attached hydrogen (secondary N) is 1. The molecule has 3 rings (SSSR count). The fourth-order valence-corrected chi connectivity index (χ4v) is 3.56. The highest BCUT2D eigenvalue weighted by molar-refractivity contribution is 7.13. The third kappa shape index (κ3) is 5.18. The minimum atomic E-state index is -0.501. The van der Waals surface area contributed by atoms with Crippen molar-refractivity contribution >= 4 is 40.5 Å². The van der Waals surface area contributed by atoms with Crippen LogP contribution in [0.2, 0.25) is 5.02 Å². The SMILES string of the molecule is Cc1cccc(-c2nc(CC(=O)OCC(=O)Nc3cccc(Cl)c3C)cs2)c1. The summed E-state index contributed by atoms with van der Waals surface area (Å²) in [7, 11) is 0. The Bertz CT molecular complexity index is 1020. The average molecular weight is 415 g/mol. The molecule has 2 aromatic carbocycles. The van der Waals surface area contributed by atoms with Crippen molar-refractivity contribution in [2.45, 2.75) is 20.3 Å². The maximum atomic E-state index is 12.0. The highest BCUT2D eigenvalue weighted by atomic mass is 35.5. The number of benzene rings is 2. The van der Waals surface area contributed by atoms with Crippen LogP contribution in [0.5, 0.6) is 0 Å².